The second-order valence-electron chi connectivity index (χ2n) is 8.26. The molecule has 8 heteroatoms. The maximum atomic E-state index is 13.5. The zero-order valence-electron chi connectivity index (χ0n) is 19.3. The standard InChI is InChI=1S/C26H28FN5O2/c1-4-31(16-18(2)28)22-11-5-19(15-23(22)34-3)6-12-24-30-17-26(13-14-29-25(33)32(24)26)20-7-9-21(27)10-8-20/h4-12,15-16H,1,13-14,17,28H2,2-3H3,(H,29,33)/b12-6+,18-16-. The van der Waals surface area contributed by atoms with Gasteiger partial charge in [-0.3, -0.25) is 9.89 Å². The maximum Gasteiger partial charge on any atom is 0.323 e. The lowest BCUT2D eigenvalue weighted by molar-refractivity contribution is 0.153. The Morgan fingerprint density at radius 2 is 2.06 bits per heavy atom. The van der Waals surface area contributed by atoms with Crippen LogP contribution in [0.1, 0.15) is 24.5 Å². The molecule has 0 radical (unpaired) electrons. The maximum absolute atomic E-state index is 13.5. The number of allylic oxidation sites excluding steroid dienone is 1. The van der Waals surface area contributed by atoms with Gasteiger partial charge in [-0.25, -0.2) is 9.18 Å². The molecule has 2 aliphatic rings. The van der Waals surface area contributed by atoms with Crippen LogP contribution >= 0.6 is 0 Å². The first-order chi connectivity index (χ1) is 16.4. The third-order valence-corrected chi connectivity index (χ3v) is 6.01. The van der Waals surface area contributed by atoms with Gasteiger partial charge in [0.05, 0.1) is 24.9 Å². The minimum Gasteiger partial charge on any atom is -0.495 e. The molecule has 0 aliphatic carbocycles. The van der Waals surface area contributed by atoms with Crippen molar-refractivity contribution in [2.45, 2.75) is 18.9 Å². The SMILES string of the molecule is C=CN(/C=C(/C)N)c1ccc(/C=C/C2=NCC3(c4ccc(F)cc4)CCNC(=O)N23)cc1OC. The Kier molecular flexibility index (Phi) is 6.40. The number of carbonyl (C=O) groups excluding carboxylic acids is 1. The second-order valence-corrected chi connectivity index (χ2v) is 8.26. The molecule has 2 aromatic carbocycles. The lowest BCUT2D eigenvalue weighted by Crippen LogP contribution is -2.59. The largest absolute Gasteiger partial charge is 0.495 e. The number of hydrogen-bond acceptors (Lipinski definition) is 5. The quantitative estimate of drug-likeness (QED) is 0.643. The number of nitrogens with one attached hydrogen (secondary N) is 1. The predicted octanol–water partition coefficient (Wildman–Crippen LogP) is 4.34. The van der Waals surface area contributed by atoms with Crippen molar-refractivity contribution in [2.24, 2.45) is 10.7 Å². The molecule has 34 heavy (non-hydrogen) atoms. The fourth-order valence-corrected chi connectivity index (χ4v) is 4.39. The number of benzene rings is 2. The Balaban J connectivity index is 1.62. The van der Waals surface area contributed by atoms with Gasteiger partial charge in [-0.2, -0.15) is 0 Å². The van der Waals surface area contributed by atoms with Crippen LogP contribution in [0.4, 0.5) is 14.9 Å². The third kappa shape index (κ3) is 4.26. The number of rotatable bonds is 7. The molecule has 1 saturated heterocycles. The van der Waals surface area contributed by atoms with Crippen LogP contribution in [0.2, 0.25) is 0 Å². The van der Waals surface area contributed by atoms with Gasteiger partial charge >= 0.3 is 6.03 Å². The first-order valence-corrected chi connectivity index (χ1v) is 11.0. The number of anilines is 1. The van der Waals surface area contributed by atoms with Gasteiger partial charge in [-0.05, 0) is 54.8 Å². The van der Waals surface area contributed by atoms with Crippen LogP contribution in [0, 0.1) is 5.82 Å². The van der Waals surface area contributed by atoms with Gasteiger partial charge < -0.3 is 20.7 Å². The van der Waals surface area contributed by atoms with E-state index in [0.29, 0.717) is 36.8 Å². The molecule has 0 aromatic heterocycles. The zero-order chi connectivity index (χ0) is 24.3. The van der Waals surface area contributed by atoms with E-state index in [2.05, 4.69) is 16.9 Å². The minimum atomic E-state index is -0.617. The fourth-order valence-electron chi connectivity index (χ4n) is 4.39. The van der Waals surface area contributed by atoms with Gasteiger partial charge in [0, 0.05) is 24.6 Å². The van der Waals surface area contributed by atoms with Crippen molar-refractivity contribution in [2.75, 3.05) is 25.1 Å². The van der Waals surface area contributed by atoms with Crippen molar-refractivity contribution in [3.63, 3.8) is 0 Å². The molecule has 0 saturated carbocycles. The fraction of sp³-hybridized carbons (Fsp3) is 0.231. The third-order valence-electron chi connectivity index (χ3n) is 6.01. The molecular weight excluding hydrogens is 433 g/mol. The summed E-state index contributed by atoms with van der Waals surface area (Å²) < 4.78 is 19.1. The monoisotopic (exact) mass is 461 g/mol. The lowest BCUT2D eigenvalue weighted by atomic mass is 9.84. The molecule has 1 atom stereocenters. The number of amides is 2. The second kappa shape index (κ2) is 9.43. The summed E-state index contributed by atoms with van der Waals surface area (Å²) in [6.45, 7) is 6.59. The summed E-state index contributed by atoms with van der Waals surface area (Å²) in [6, 6.07) is 11.8. The number of fused-ring (bicyclic) bond motifs is 1. The van der Waals surface area contributed by atoms with Crippen LogP contribution in [-0.2, 0) is 5.54 Å². The van der Waals surface area contributed by atoms with Crippen molar-refractivity contribution in [1.82, 2.24) is 10.2 Å². The molecule has 176 valence electrons. The molecular formula is C26H28FN5O2. The number of amidine groups is 1. The van der Waals surface area contributed by atoms with Crippen molar-refractivity contribution in [3.8, 4) is 5.75 Å². The average molecular weight is 462 g/mol. The number of aliphatic imine (C=N–C) groups is 1. The molecule has 2 aliphatic heterocycles. The van der Waals surface area contributed by atoms with Crippen LogP contribution in [0.25, 0.3) is 6.08 Å². The predicted molar refractivity (Wildman–Crippen MR) is 133 cm³/mol. The number of halogens is 1. The number of methoxy groups -OCH3 is 1. The molecule has 2 heterocycles. The number of carbonyl (C=O) groups is 1. The van der Waals surface area contributed by atoms with E-state index in [4.69, 9.17) is 10.5 Å². The number of nitrogens with zero attached hydrogens (tertiary/aromatic N) is 3. The highest BCUT2D eigenvalue weighted by atomic mass is 19.1. The highest BCUT2D eigenvalue weighted by Crippen LogP contribution is 2.39. The van der Waals surface area contributed by atoms with Crippen molar-refractivity contribution in [1.29, 1.82) is 0 Å². The smallest absolute Gasteiger partial charge is 0.323 e. The molecule has 0 spiro atoms. The summed E-state index contributed by atoms with van der Waals surface area (Å²) in [5.41, 5.74) is 8.38. The molecule has 1 fully saturated rings. The summed E-state index contributed by atoms with van der Waals surface area (Å²) in [7, 11) is 1.60. The van der Waals surface area contributed by atoms with E-state index >= 15 is 0 Å². The molecule has 0 bridgehead atoms. The zero-order valence-corrected chi connectivity index (χ0v) is 19.3. The molecule has 1 unspecified atom stereocenters. The summed E-state index contributed by atoms with van der Waals surface area (Å²) in [6.07, 6.45) is 7.80. The normalized spacial score (nSPS) is 20.1. The van der Waals surface area contributed by atoms with E-state index in [1.807, 2.05) is 30.4 Å². The van der Waals surface area contributed by atoms with Gasteiger partial charge in [-0.15, -0.1) is 0 Å². The van der Waals surface area contributed by atoms with Crippen LogP contribution < -0.4 is 20.7 Å². The van der Waals surface area contributed by atoms with Gasteiger partial charge in [0.1, 0.15) is 17.4 Å². The Morgan fingerprint density at radius 1 is 1.29 bits per heavy atom. The van der Waals surface area contributed by atoms with Crippen LogP contribution in [-0.4, -0.2) is 37.0 Å². The van der Waals surface area contributed by atoms with Gasteiger partial charge in [0.2, 0.25) is 0 Å². The minimum absolute atomic E-state index is 0.213. The molecule has 3 N–H and O–H groups in total. The first kappa shape index (κ1) is 23.1. The van der Waals surface area contributed by atoms with E-state index in [1.165, 1.54) is 12.1 Å². The summed E-state index contributed by atoms with van der Waals surface area (Å²) in [4.78, 5) is 21.0. The van der Waals surface area contributed by atoms with Crippen LogP contribution in [0.5, 0.6) is 5.75 Å². The average Bonchev–Trinajstić information content (AvgIpc) is 3.22. The first-order valence-electron chi connectivity index (χ1n) is 11.0. The van der Waals surface area contributed by atoms with E-state index in [9.17, 15) is 9.18 Å². The molecule has 4 rings (SSSR count). The molecule has 2 amide bonds. The Bertz CT molecular complexity index is 1180. The molecule has 7 nitrogen and oxygen atoms in total. The van der Waals surface area contributed by atoms with Gasteiger partial charge in [-0.1, -0.05) is 30.9 Å². The number of nitrogens with two attached hydrogens (primary N) is 1. The van der Waals surface area contributed by atoms with E-state index < -0.39 is 5.54 Å². The van der Waals surface area contributed by atoms with Crippen LogP contribution in [0.15, 0.2) is 78.2 Å². The Labute approximate surface area is 198 Å². The van der Waals surface area contributed by atoms with Crippen LogP contribution in [0.3, 0.4) is 0 Å². The van der Waals surface area contributed by atoms with Crippen molar-refractivity contribution in [3.05, 3.63) is 90.2 Å². The highest BCUT2D eigenvalue weighted by Gasteiger charge is 2.49. The van der Waals surface area contributed by atoms with E-state index in [0.717, 1.165) is 16.8 Å². The van der Waals surface area contributed by atoms with Gasteiger partial charge in [0.15, 0.2) is 0 Å². The molecule has 2 aromatic rings. The lowest BCUT2D eigenvalue weighted by Gasteiger charge is -2.42. The Hall–Kier alpha value is -4.07. The Morgan fingerprint density at radius 3 is 2.74 bits per heavy atom. The van der Waals surface area contributed by atoms with E-state index in [1.54, 1.807) is 48.4 Å². The number of urea groups is 1. The summed E-state index contributed by atoms with van der Waals surface area (Å²) >= 11 is 0. The van der Waals surface area contributed by atoms with E-state index in [-0.39, 0.29) is 11.8 Å². The van der Waals surface area contributed by atoms with Gasteiger partial charge in [0.25, 0.3) is 0 Å². The topological polar surface area (TPSA) is 83.2 Å². The highest BCUT2D eigenvalue weighted by molar-refractivity contribution is 6.08. The van der Waals surface area contributed by atoms with Crippen molar-refractivity contribution < 1.29 is 13.9 Å². The summed E-state index contributed by atoms with van der Waals surface area (Å²) in [5.74, 6) is 0.888. The summed E-state index contributed by atoms with van der Waals surface area (Å²) in [5, 5.41) is 2.90. The number of hydrogen-bond donors (Lipinski definition) is 2. The van der Waals surface area contributed by atoms with Crippen molar-refractivity contribution >= 4 is 23.6 Å². The number of ether oxygens (including phenoxy) is 1.